The van der Waals surface area contributed by atoms with E-state index >= 15 is 0 Å². The molecule has 114 valence electrons. The van der Waals surface area contributed by atoms with Gasteiger partial charge in [-0.05, 0) is 25.7 Å². The minimum Gasteiger partial charge on any atom is -0.479 e. The van der Waals surface area contributed by atoms with E-state index in [2.05, 4.69) is 4.98 Å². The van der Waals surface area contributed by atoms with Crippen LogP contribution in [-0.4, -0.2) is 62.6 Å². The number of carboxylic acid groups (broad SMARTS) is 1. The van der Waals surface area contributed by atoms with Crippen molar-refractivity contribution in [1.29, 1.82) is 0 Å². The number of aromatic nitrogens is 2. The topological polar surface area (TPSA) is 78.7 Å². The van der Waals surface area contributed by atoms with Gasteiger partial charge in [0, 0.05) is 38.6 Å². The number of amides is 2. The zero-order chi connectivity index (χ0) is 14.9. The van der Waals surface area contributed by atoms with E-state index in [1.807, 2.05) is 4.90 Å². The maximum atomic E-state index is 12.4. The quantitative estimate of drug-likeness (QED) is 0.881. The van der Waals surface area contributed by atoms with Gasteiger partial charge in [0.25, 0.3) is 0 Å². The lowest BCUT2D eigenvalue weighted by Crippen LogP contribution is -2.54. The molecule has 21 heavy (non-hydrogen) atoms. The average molecular weight is 292 g/mol. The normalized spacial score (nSPS) is 21.5. The number of hydrogen-bond donors (Lipinski definition) is 1. The number of nitrogens with zero attached hydrogens (tertiary/aromatic N) is 4. The molecule has 0 saturated carbocycles. The standard InChI is InChI=1S/C14H20N4O3/c19-12(20)14(18-10-5-15-11-18)3-8-17(9-4-14)13(21)16-6-1-2-7-16/h5,10-11H,1-4,6-9H2,(H,19,20). The fraction of sp³-hybridized carbons (Fsp3) is 0.643. The highest BCUT2D eigenvalue weighted by Crippen LogP contribution is 2.31. The zero-order valence-corrected chi connectivity index (χ0v) is 11.9. The Bertz CT molecular complexity index is 514. The summed E-state index contributed by atoms with van der Waals surface area (Å²) in [5, 5.41) is 9.63. The molecule has 0 aliphatic carbocycles. The molecular formula is C14H20N4O3. The van der Waals surface area contributed by atoms with E-state index in [1.54, 1.807) is 28.2 Å². The Hall–Kier alpha value is -2.05. The van der Waals surface area contributed by atoms with Crippen LogP contribution in [0.25, 0.3) is 0 Å². The summed E-state index contributed by atoms with van der Waals surface area (Å²) < 4.78 is 1.66. The number of urea groups is 1. The SMILES string of the molecule is O=C(N1CCCC1)N1CCC(C(=O)O)(n2ccnc2)CC1. The van der Waals surface area contributed by atoms with Gasteiger partial charge in [0.05, 0.1) is 6.33 Å². The van der Waals surface area contributed by atoms with Crippen molar-refractivity contribution >= 4 is 12.0 Å². The maximum Gasteiger partial charge on any atom is 0.330 e. The first-order chi connectivity index (χ1) is 10.1. The van der Waals surface area contributed by atoms with E-state index in [9.17, 15) is 14.7 Å². The van der Waals surface area contributed by atoms with Crippen molar-refractivity contribution in [2.75, 3.05) is 26.2 Å². The van der Waals surface area contributed by atoms with Crippen molar-refractivity contribution < 1.29 is 14.7 Å². The van der Waals surface area contributed by atoms with Crippen LogP contribution in [0, 0.1) is 0 Å². The predicted molar refractivity (Wildman–Crippen MR) is 74.8 cm³/mol. The Morgan fingerprint density at radius 3 is 2.19 bits per heavy atom. The number of aliphatic carboxylic acids is 1. The largest absolute Gasteiger partial charge is 0.479 e. The third kappa shape index (κ3) is 2.36. The number of hydrogen-bond acceptors (Lipinski definition) is 3. The van der Waals surface area contributed by atoms with Crippen LogP contribution in [0.4, 0.5) is 4.79 Å². The van der Waals surface area contributed by atoms with Crippen LogP contribution in [-0.2, 0) is 10.3 Å². The molecule has 7 nitrogen and oxygen atoms in total. The fourth-order valence-corrected chi connectivity index (χ4v) is 3.27. The Kier molecular flexibility index (Phi) is 3.57. The molecule has 3 rings (SSSR count). The summed E-state index contributed by atoms with van der Waals surface area (Å²) in [6.07, 6.45) is 7.78. The molecule has 3 heterocycles. The Labute approximate surface area is 123 Å². The number of likely N-dealkylation sites (tertiary alicyclic amines) is 2. The van der Waals surface area contributed by atoms with Crippen LogP contribution in [0.15, 0.2) is 18.7 Å². The van der Waals surface area contributed by atoms with Gasteiger partial charge in [-0.25, -0.2) is 14.6 Å². The van der Waals surface area contributed by atoms with Crippen molar-refractivity contribution in [3.63, 3.8) is 0 Å². The van der Waals surface area contributed by atoms with Crippen molar-refractivity contribution in [2.45, 2.75) is 31.2 Å². The predicted octanol–water partition coefficient (Wildman–Crippen LogP) is 0.975. The summed E-state index contributed by atoms with van der Waals surface area (Å²) in [6, 6.07) is 0.0529. The molecule has 2 saturated heterocycles. The van der Waals surface area contributed by atoms with Gasteiger partial charge in [-0.3, -0.25) is 0 Å². The van der Waals surface area contributed by atoms with Crippen molar-refractivity contribution in [2.24, 2.45) is 0 Å². The highest BCUT2D eigenvalue weighted by molar-refractivity contribution is 5.78. The minimum absolute atomic E-state index is 0.0529. The molecule has 1 aromatic heterocycles. The number of carbonyl (C=O) groups is 2. The first-order valence-corrected chi connectivity index (χ1v) is 7.39. The van der Waals surface area contributed by atoms with Gasteiger partial charge in [-0.1, -0.05) is 0 Å². The Morgan fingerprint density at radius 2 is 1.67 bits per heavy atom. The van der Waals surface area contributed by atoms with Crippen molar-refractivity contribution in [1.82, 2.24) is 19.4 Å². The second kappa shape index (κ2) is 5.38. The lowest BCUT2D eigenvalue weighted by Gasteiger charge is -2.40. The molecule has 1 aromatic rings. The second-order valence-corrected chi connectivity index (χ2v) is 5.77. The van der Waals surface area contributed by atoms with Crippen LogP contribution in [0.3, 0.4) is 0 Å². The molecule has 0 spiro atoms. The van der Waals surface area contributed by atoms with E-state index < -0.39 is 11.5 Å². The van der Waals surface area contributed by atoms with Crippen LogP contribution >= 0.6 is 0 Å². The third-order valence-corrected chi connectivity index (χ3v) is 4.63. The smallest absolute Gasteiger partial charge is 0.330 e. The molecule has 0 unspecified atom stereocenters. The number of carbonyl (C=O) groups excluding carboxylic acids is 1. The lowest BCUT2D eigenvalue weighted by molar-refractivity contribution is -0.150. The van der Waals surface area contributed by atoms with Crippen LogP contribution in [0.1, 0.15) is 25.7 Å². The van der Waals surface area contributed by atoms with Crippen LogP contribution in [0.2, 0.25) is 0 Å². The fourth-order valence-electron chi connectivity index (χ4n) is 3.27. The van der Waals surface area contributed by atoms with Crippen molar-refractivity contribution in [3.8, 4) is 0 Å². The van der Waals surface area contributed by atoms with E-state index in [0.717, 1.165) is 25.9 Å². The first-order valence-electron chi connectivity index (χ1n) is 7.39. The van der Waals surface area contributed by atoms with Gasteiger partial charge in [0.15, 0.2) is 0 Å². The Balaban J connectivity index is 1.71. The molecule has 2 fully saturated rings. The van der Waals surface area contributed by atoms with E-state index in [0.29, 0.717) is 25.9 Å². The van der Waals surface area contributed by atoms with Gasteiger partial charge in [-0.15, -0.1) is 0 Å². The summed E-state index contributed by atoms with van der Waals surface area (Å²) in [6.45, 7) is 2.58. The second-order valence-electron chi connectivity index (χ2n) is 5.77. The molecule has 2 aliphatic rings. The average Bonchev–Trinajstić information content (AvgIpc) is 3.19. The first kappa shape index (κ1) is 13.9. The maximum absolute atomic E-state index is 12.4. The molecule has 0 atom stereocenters. The highest BCUT2D eigenvalue weighted by Gasteiger charge is 2.44. The summed E-state index contributed by atoms with van der Waals surface area (Å²) in [5.41, 5.74) is -0.974. The molecule has 7 heteroatoms. The summed E-state index contributed by atoms with van der Waals surface area (Å²) >= 11 is 0. The number of rotatable bonds is 2. The van der Waals surface area contributed by atoms with Gasteiger partial charge in [-0.2, -0.15) is 0 Å². The highest BCUT2D eigenvalue weighted by atomic mass is 16.4. The van der Waals surface area contributed by atoms with E-state index in [1.165, 1.54) is 0 Å². The van der Waals surface area contributed by atoms with Gasteiger partial charge in [0.1, 0.15) is 5.54 Å². The molecule has 1 N–H and O–H groups in total. The summed E-state index contributed by atoms with van der Waals surface area (Å²) in [4.78, 5) is 31.7. The molecule has 0 radical (unpaired) electrons. The van der Waals surface area contributed by atoms with Gasteiger partial charge >= 0.3 is 12.0 Å². The third-order valence-electron chi connectivity index (χ3n) is 4.63. The monoisotopic (exact) mass is 292 g/mol. The van der Waals surface area contributed by atoms with Gasteiger partial charge in [0.2, 0.25) is 0 Å². The summed E-state index contributed by atoms with van der Waals surface area (Å²) in [5.74, 6) is -0.853. The number of piperidine rings is 1. The molecular weight excluding hydrogens is 272 g/mol. The molecule has 0 bridgehead atoms. The van der Waals surface area contributed by atoms with Crippen molar-refractivity contribution in [3.05, 3.63) is 18.7 Å². The Morgan fingerprint density at radius 1 is 1.05 bits per heavy atom. The molecule has 0 aromatic carbocycles. The zero-order valence-electron chi connectivity index (χ0n) is 11.9. The van der Waals surface area contributed by atoms with E-state index in [4.69, 9.17) is 0 Å². The number of imidazole rings is 1. The summed E-state index contributed by atoms with van der Waals surface area (Å²) in [7, 11) is 0. The van der Waals surface area contributed by atoms with Crippen LogP contribution < -0.4 is 0 Å². The minimum atomic E-state index is -0.974. The lowest BCUT2D eigenvalue weighted by atomic mass is 9.87. The number of carboxylic acids is 1. The van der Waals surface area contributed by atoms with Gasteiger partial charge < -0.3 is 19.5 Å². The molecule has 2 amide bonds. The van der Waals surface area contributed by atoms with Crippen LogP contribution in [0.5, 0.6) is 0 Å². The van der Waals surface area contributed by atoms with E-state index in [-0.39, 0.29) is 6.03 Å². The molecule has 2 aliphatic heterocycles.